The number of amides is 1. The number of carbonyl (C=O) groups is 1. The lowest BCUT2D eigenvalue weighted by Crippen LogP contribution is -2.39. The van der Waals surface area contributed by atoms with Crippen molar-refractivity contribution < 1.29 is 14.3 Å². The van der Waals surface area contributed by atoms with Crippen LogP contribution in [0.15, 0.2) is 11.4 Å². The normalized spacial score (nSPS) is 17.9. The lowest BCUT2D eigenvalue weighted by Gasteiger charge is -2.21. The van der Waals surface area contributed by atoms with Crippen LogP contribution in [0, 0.1) is 13.8 Å². The van der Waals surface area contributed by atoms with Gasteiger partial charge in [0.1, 0.15) is 0 Å². The molecule has 2 aromatic rings. The molecule has 0 aliphatic carbocycles. The Morgan fingerprint density at radius 1 is 1.46 bits per heavy atom. The molecule has 130 valence electrons. The van der Waals surface area contributed by atoms with Crippen molar-refractivity contribution in [2.24, 2.45) is 0 Å². The Morgan fingerprint density at radius 3 is 3.00 bits per heavy atom. The predicted octanol–water partition coefficient (Wildman–Crippen LogP) is 2.99. The summed E-state index contributed by atoms with van der Waals surface area (Å²) in [7, 11) is 0. The van der Waals surface area contributed by atoms with E-state index in [4.69, 9.17) is 9.47 Å². The zero-order valence-corrected chi connectivity index (χ0v) is 15.1. The number of aryl methyl sites for hydroxylation is 1. The van der Waals surface area contributed by atoms with Crippen molar-refractivity contribution in [3.8, 4) is 11.3 Å². The number of ether oxygens (including phenoxy) is 2. The third kappa shape index (κ3) is 3.53. The van der Waals surface area contributed by atoms with Gasteiger partial charge < -0.3 is 14.0 Å². The van der Waals surface area contributed by atoms with E-state index >= 15 is 0 Å². The summed E-state index contributed by atoms with van der Waals surface area (Å²) in [6.07, 6.45) is 0.540. The number of thiazole rings is 1. The molecule has 24 heavy (non-hydrogen) atoms. The van der Waals surface area contributed by atoms with E-state index in [1.54, 1.807) is 0 Å². The number of aromatic nitrogens is 2. The summed E-state index contributed by atoms with van der Waals surface area (Å²) in [6.45, 7) is 8.69. The van der Waals surface area contributed by atoms with E-state index in [1.165, 1.54) is 22.7 Å². The molecule has 1 saturated heterocycles. The van der Waals surface area contributed by atoms with E-state index in [-0.39, 0.29) is 5.91 Å². The number of hydrogen-bond acceptors (Lipinski definition) is 5. The van der Waals surface area contributed by atoms with Gasteiger partial charge in [0.05, 0.1) is 25.5 Å². The number of hydrogen-bond donors (Lipinski definition) is 1. The van der Waals surface area contributed by atoms with Crippen molar-refractivity contribution in [1.82, 2.24) is 9.55 Å². The van der Waals surface area contributed by atoms with Gasteiger partial charge in [-0.25, -0.2) is 4.98 Å². The molecule has 0 radical (unpaired) electrons. The molecule has 3 rings (SSSR count). The predicted molar refractivity (Wildman–Crippen MR) is 94.5 cm³/mol. The molecule has 0 bridgehead atoms. The first-order chi connectivity index (χ1) is 11.6. The third-order valence-electron chi connectivity index (χ3n) is 4.14. The number of nitrogens with zero attached hydrogens (tertiary/aromatic N) is 2. The van der Waals surface area contributed by atoms with Crippen LogP contribution < -0.4 is 5.32 Å². The van der Waals surface area contributed by atoms with Gasteiger partial charge in [0, 0.05) is 28.9 Å². The molecular formula is C17H23N3O3S. The number of nitrogens with one attached hydrogen (secondary N) is 1. The summed E-state index contributed by atoms with van der Waals surface area (Å²) in [5, 5.41) is 5.39. The van der Waals surface area contributed by atoms with Crippen LogP contribution in [-0.2, 0) is 20.8 Å². The van der Waals surface area contributed by atoms with Crippen LogP contribution in [0.3, 0.4) is 0 Å². The lowest BCUT2D eigenvalue weighted by atomic mass is 10.2. The maximum atomic E-state index is 12.2. The van der Waals surface area contributed by atoms with Crippen molar-refractivity contribution in [2.45, 2.75) is 39.8 Å². The van der Waals surface area contributed by atoms with E-state index in [2.05, 4.69) is 41.7 Å². The highest BCUT2D eigenvalue weighted by molar-refractivity contribution is 7.14. The largest absolute Gasteiger partial charge is 0.376 e. The molecule has 0 saturated carbocycles. The fraction of sp³-hybridized carbons (Fsp3) is 0.529. The Labute approximate surface area is 145 Å². The molecule has 0 unspecified atom stereocenters. The van der Waals surface area contributed by atoms with Crippen molar-refractivity contribution in [1.29, 1.82) is 0 Å². The molecular weight excluding hydrogens is 326 g/mol. The number of anilines is 1. The highest BCUT2D eigenvalue weighted by Crippen LogP contribution is 2.30. The van der Waals surface area contributed by atoms with Crippen LogP contribution in [0.2, 0.25) is 0 Å². The van der Waals surface area contributed by atoms with Gasteiger partial charge >= 0.3 is 0 Å². The molecule has 1 fully saturated rings. The molecule has 3 heterocycles. The molecule has 1 atom stereocenters. The number of carbonyl (C=O) groups excluding carboxylic acids is 1. The van der Waals surface area contributed by atoms with Crippen LogP contribution in [0.1, 0.15) is 24.7 Å². The van der Waals surface area contributed by atoms with Crippen LogP contribution in [0.4, 0.5) is 5.13 Å². The van der Waals surface area contributed by atoms with Crippen molar-refractivity contribution in [2.75, 3.05) is 25.1 Å². The fourth-order valence-electron chi connectivity index (χ4n) is 2.91. The van der Waals surface area contributed by atoms with Gasteiger partial charge in [-0.3, -0.25) is 10.1 Å². The second-order valence-electron chi connectivity index (χ2n) is 5.90. The third-order valence-corrected chi connectivity index (χ3v) is 4.90. The SMILES string of the molecule is CCCn1c(C)cc(-c2csc(NC(=O)[C@H]3COCCO3)n2)c1C. The smallest absolute Gasteiger partial charge is 0.257 e. The second-order valence-corrected chi connectivity index (χ2v) is 6.76. The standard InChI is InChI=1S/C17H23N3O3S/c1-4-5-20-11(2)8-13(12(20)3)14-10-24-17(18-14)19-16(21)15-9-22-6-7-23-15/h8,10,15H,4-7,9H2,1-3H3,(H,18,19,21)/t15-/m1/s1. The average Bonchev–Trinajstić information content (AvgIpc) is 3.15. The maximum Gasteiger partial charge on any atom is 0.257 e. The van der Waals surface area contributed by atoms with E-state index in [0.717, 1.165) is 24.2 Å². The quantitative estimate of drug-likeness (QED) is 0.901. The highest BCUT2D eigenvalue weighted by Gasteiger charge is 2.23. The topological polar surface area (TPSA) is 65.4 Å². The van der Waals surface area contributed by atoms with Gasteiger partial charge in [0.15, 0.2) is 11.2 Å². The molecule has 2 aromatic heterocycles. The van der Waals surface area contributed by atoms with Gasteiger partial charge in [-0.15, -0.1) is 11.3 Å². The Hall–Kier alpha value is -1.70. The van der Waals surface area contributed by atoms with Gasteiger partial charge in [-0.05, 0) is 26.3 Å². The van der Waals surface area contributed by atoms with Gasteiger partial charge in [-0.1, -0.05) is 6.92 Å². The van der Waals surface area contributed by atoms with Gasteiger partial charge in [0.25, 0.3) is 5.91 Å². The van der Waals surface area contributed by atoms with Crippen molar-refractivity contribution in [3.05, 3.63) is 22.8 Å². The van der Waals surface area contributed by atoms with E-state index < -0.39 is 6.10 Å². The lowest BCUT2D eigenvalue weighted by molar-refractivity contribution is -0.142. The minimum absolute atomic E-state index is 0.202. The summed E-state index contributed by atoms with van der Waals surface area (Å²) in [4.78, 5) is 16.7. The Kier molecular flexibility index (Phi) is 5.33. The van der Waals surface area contributed by atoms with Gasteiger partial charge in [-0.2, -0.15) is 0 Å². The highest BCUT2D eigenvalue weighted by atomic mass is 32.1. The summed E-state index contributed by atoms with van der Waals surface area (Å²) < 4.78 is 13.0. The maximum absolute atomic E-state index is 12.2. The molecule has 0 aromatic carbocycles. The first-order valence-electron chi connectivity index (χ1n) is 8.23. The minimum Gasteiger partial charge on any atom is -0.376 e. The fourth-order valence-corrected chi connectivity index (χ4v) is 3.62. The summed E-state index contributed by atoms with van der Waals surface area (Å²) in [5.41, 5.74) is 4.46. The second kappa shape index (κ2) is 7.46. The Morgan fingerprint density at radius 2 is 2.29 bits per heavy atom. The number of rotatable bonds is 5. The summed E-state index contributed by atoms with van der Waals surface area (Å²) in [5.74, 6) is -0.202. The Balaban J connectivity index is 1.73. The van der Waals surface area contributed by atoms with Crippen LogP contribution in [0.5, 0.6) is 0 Å². The van der Waals surface area contributed by atoms with Crippen molar-refractivity contribution in [3.63, 3.8) is 0 Å². The zero-order chi connectivity index (χ0) is 17.1. The van der Waals surface area contributed by atoms with E-state index in [9.17, 15) is 4.79 Å². The molecule has 7 heteroatoms. The molecule has 1 aliphatic heterocycles. The Bertz CT molecular complexity index is 717. The molecule has 1 N–H and O–H groups in total. The first kappa shape index (κ1) is 17.1. The van der Waals surface area contributed by atoms with Gasteiger partial charge in [0.2, 0.25) is 0 Å². The van der Waals surface area contributed by atoms with Crippen LogP contribution >= 0.6 is 11.3 Å². The molecule has 0 spiro atoms. The van der Waals surface area contributed by atoms with Crippen LogP contribution in [-0.4, -0.2) is 41.4 Å². The first-order valence-corrected chi connectivity index (χ1v) is 9.11. The summed E-state index contributed by atoms with van der Waals surface area (Å²) in [6, 6.07) is 2.16. The average molecular weight is 349 g/mol. The molecule has 6 nitrogen and oxygen atoms in total. The summed E-state index contributed by atoms with van der Waals surface area (Å²) >= 11 is 1.43. The van der Waals surface area contributed by atoms with E-state index in [0.29, 0.717) is 25.0 Å². The van der Waals surface area contributed by atoms with Crippen LogP contribution in [0.25, 0.3) is 11.3 Å². The van der Waals surface area contributed by atoms with E-state index in [1.807, 2.05) is 5.38 Å². The zero-order valence-electron chi connectivity index (χ0n) is 14.3. The molecule has 1 amide bonds. The minimum atomic E-state index is -0.555. The molecule has 1 aliphatic rings. The van der Waals surface area contributed by atoms with Crippen molar-refractivity contribution >= 4 is 22.4 Å². The monoisotopic (exact) mass is 349 g/mol.